The zero-order valence-corrected chi connectivity index (χ0v) is 8.79. The number of nitrogens with two attached hydrogens (primary N) is 1. The first-order valence-electron chi connectivity index (χ1n) is 4.77. The maximum Gasteiger partial charge on any atom is 0.416 e. The number of rotatable bonds is 4. The summed E-state index contributed by atoms with van der Waals surface area (Å²) in [6, 6.07) is 3.17. The largest absolute Gasteiger partial charge is 0.416 e. The number of nitrogens with one attached hydrogen (secondary N) is 1. The molecule has 3 N–H and O–H groups in total. The molecule has 92 valence electrons. The van der Waals surface area contributed by atoms with E-state index in [1.54, 1.807) is 0 Å². The molecule has 1 aromatic rings. The van der Waals surface area contributed by atoms with Gasteiger partial charge in [-0.1, -0.05) is 18.2 Å². The van der Waals surface area contributed by atoms with Crippen LogP contribution in [-0.4, -0.2) is 6.29 Å². The van der Waals surface area contributed by atoms with E-state index in [-0.39, 0.29) is 12.1 Å². The first kappa shape index (κ1) is 13.2. The van der Waals surface area contributed by atoms with Crippen LogP contribution < -0.4 is 11.3 Å². The topological polar surface area (TPSA) is 55.1 Å². The zero-order valence-electron chi connectivity index (χ0n) is 8.79. The Kier molecular flexibility index (Phi) is 4.28. The Labute approximate surface area is 96.1 Å². The highest BCUT2D eigenvalue weighted by Gasteiger charge is 2.30. The van der Waals surface area contributed by atoms with Gasteiger partial charge < -0.3 is 10.2 Å². The third kappa shape index (κ3) is 3.60. The Bertz CT molecular complexity index is 427. The van der Waals surface area contributed by atoms with E-state index in [0.29, 0.717) is 11.8 Å². The van der Waals surface area contributed by atoms with Gasteiger partial charge in [-0.05, 0) is 17.7 Å². The van der Waals surface area contributed by atoms with Gasteiger partial charge in [0.05, 0.1) is 11.3 Å². The van der Waals surface area contributed by atoms with Crippen LogP contribution in [0.25, 0.3) is 6.08 Å². The molecule has 0 unspecified atom stereocenters. The third-order valence-electron chi connectivity index (χ3n) is 2.07. The normalized spacial score (nSPS) is 11.8. The first-order valence-corrected chi connectivity index (χ1v) is 4.77. The van der Waals surface area contributed by atoms with Gasteiger partial charge in [0, 0.05) is 6.42 Å². The summed E-state index contributed by atoms with van der Waals surface area (Å²) in [6.45, 7) is 0. The Morgan fingerprint density at radius 3 is 2.59 bits per heavy atom. The SMILES string of the molecule is NNc1cc(C(F)(F)F)ccc1C=CCC=O. The predicted molar refractivity (Wildman–Crippen MR) is 59.0 cm³/mol. The molecule has 0 heterocycles. The van der Waals surface area contributed by atoms with E-state index in [0.717, 1.165) is 12.1 Å². The fourth-order valence-corrected chi connectivity index (χ4v) is 1.25. The molecule has 0 radical (unpaired) electrons. The highest BCUT2D eigenvalue weighted by molar-refractivity contribution is 5.68. The summed E-state index contributed by atoms with van der Waals surface area (Å²) in [6.07, 6.45) is -0.446. The van der Waals surface area contributed by atoms with Crippen LogP contribution in [0.15, 0.2) is 24.3 Å². The van der Waals surface area contributed by atoms with Gasteiger partial charge in [0.1, 0.15) is 6.29 Å². The van der Waals surface area contributed by atoms with Crippen molar-refractivity contribution >= 4 is 18.0 Å². The number of hydrogen-bond donors (Lipinski definition) is 2. The lowest BCUT2D eigenvalue weighted by molar-refractivity contribution is -0.137. The summed E-state index contributed by atoms with van der Waals surface area (Å²) in [7, 11) is 0. The van der Waals surface area contributed by atoms with E-state index in [9.17, 15) is 18.0 Å². The van der Waals surface area contributed by atoms with Crippen molar-refractivity contribution in [3.63, 3.8) is 0 Å². The number of alkyl halides is 3. The van der Waals surface area contributed by atoms with Gasteiger partial charge in [-0.3, -0.25) is 5.84 Å². The van der Waals surface area contributed by atoms with Crippen molar-refractivity contribution in [2.24, 2.45) is 5.84 Å². The molecule has 17 heavy (non-hydrogen) atoms. The summed E-state index contributed by atoms with van der Waals surface area (Å²) in [5.74, 6) is 5.15. The summed E-state index contributed by atoms with van der Waals surface area (Å²) in [5.41, 5.74) is 2.06. The minimum Gasteiger partial charge on any atom is -0.324 e. The molecule has 3 nitrogen and oxygen atoms in total. The minimum absolute atomic E-state index is 0.155. The van der Waals surface area contributed by atoms with E-state index in [1.807, 2.05) is 0 Å². The molecule has 0 atom stereocenters. The van der Waals surface area contributed by atoms with Crippen molar-refractivity contribution in [3.8, 4) is 0 Å². The summed E-state index contributed by atoms with van der Waals surface area (Å²) >= 11 is 0. The van der Waals surface area contributed by atoms with Crippen LogP contribution in [-0.2, 0) is 11.0 Å². The van der Waals surface area contributed by atoms with E-state index < -0.39 is 11.7 Å². The lowest BCUT2D eigenvalue weighted by Crippen LogP contribution is -2.11. The van der Waals surface area contributed by atoms with Crippen LogP contribution >= 0.6 is 0 Å². The molecule has 0 spiro atoms. The van der Waals surface area contributed by atoms with Crippen LogP contribution in [0, 0.1) is 0 Å². The van der Waals surface area contributed by atoms with Crippen LogP contribution in [0.4, 0.5) is 18.9 Å². The van der Waals surface area contributed by atoms with Crippen molar-refractivity contribution < 1.29 is 18.0 Å². The van der Waals surface area contributed by atoms with Crippen molar-refractivity contribution in [2.75, 3.05) is 5.43 Å². The van der Waals surface area contributed by atoms with E-state index in [1.165, 1.54) is 18.2 Å². The number of hydrogen-bond acceptors (Lipinski definition) is 3. The highest BCUT2D eigenvalue weighted by atomic mass is 19.4. The molecule has 0 fully saturated rings. The number of carbonyl (C=O) groups is 1. The van der Waals surface area contributed by atoms with Crippen molar-refractivity contribution in [1.82, 2.24) is 0 Å². The smallest absolute Gasteiger partial charge is 0.324 e. The second kappa shape index (κ2) is 5.49. The molecule has 0 saturated heterocycles. The van der Waals surface area contributed by atoms with E-state index in [4.69, 9.17) is 5.84 Å². The fourth-order valence-electron chi connectivity index (χ4n) is 1.25. The molecule has 0 aliphatic heterocycles. The van der Waals surface area contributed by atoms with E-state index >= 15 is 0 Å². The monoisotopic (exact) mass is 244 g/mol. The zero-order chi connectivity index (χ0) is 12.9. The molecular formula is C11H11F3N2O. The second-order valence-electron chi connectivity index (χ2n) is 3.25. The maximum atomic E-state index is 12.4. The van der Waals surface area contributed by atoms with Gasteiger partial charge in [-0.25, -0.2) is 0 Å². The van der Waals surface area contributed by atoms with Crippen molar-refractivity contribution in [2.45, 2.75) is 12.6 Å². The maximum absolute atomic E-state index is 12.4. The Morgan fingerprint density at radius 1 is 1.35 bits per heavy atom. The fraction of sp³-hybridized carbons (Fsp3) is 0.182. The van der Waals surface area contributed by atoms with Gasteiger partial charge in [-0.15, -0.1) is 0 Å². The number of aldehydes is 1. The third-order valence-corrected chi connectivity index (χ3v) is 2.07. The van der Waals surface area contributed by atoms with Crippen molar-refractivity contribution in [1.29, 1.82) is 0 Å². The molecule has 0 saturated carbocycles. The highest BCUT2D eigenvalue weighted by Crippen LogP contribution is 2.32. The van der Waals surface area contributed by atoms with Crippen LogP contribution in [0.2, 0.25) is 0 Å². The number of anilines is 1. The Balaban J connectivity index is 3.05. The molecule has 1 aromatic carbocycles. The number of nitrogen functional groups attached to an aromatic ring is 1. The first-order chi connectivity index (χ1) is 7.99. The summed E-state index contributed by atoms with van der Waals surface area (Å²) < 4.78 is 37.2. The Hall–Kier alpha value is -1.82. The number of benzene rings is 1. The van der Waals surface area contributed by atoms with Gasteiger partial charge in [0.2, 0.25) is 0 Å². The number of hydrazine groups is 1. The molecule has 1 rings (SSSR count). The van der Waals surface area contributed by atoms with E-state index in [2.05, 4.69) is 5.43 Å². The predicted octanol–water partition coefficient (Wildman–Crippen LogP) is 2.59. The molecule has 0 aliphatic carbocycles. The molecule has 0 aliphatic rings. The molecule has 0 amide bonds. The number of carbonyl (C=O) groups excluding carboxylic acids is 1. The Morgan fingerprint density at radius 2 is 2.06 bits per heavy atom. The summed E-state index contributed by atoms with van der Waals surface area (Å²) in [5, 5.41) is 0. The quantitative estimate of drug-likeness (QED) is 0.486. The van der Waals surface area contributed by atoms with Gasteiger partial charge in [-0.2, -0.15) is 13.2 Å². The van der Waals surface area contributed by atoms with Gasteiger partial charge in [0.25, 0.3) is 0 Å². The number of allylic oxidation sites excluding steroid dienone is 1. The van der Waals surface area contributed by atoms with Crippen LogP contribution in [0.1, 0.15) is 17.5 Å². The standard InChI is InChI=1S/C11H11F3N2O/c12-11(13,14)9-5-4-8(3-1-2-6-17)10(7-9)16-15/h1,3-7,16H,2,15H2. The number of halogens is 3. The average molecular weight is 244 g/mol. The second-order valence-corrected chi connectivity index (χ2v) is 3.25. The van der Waals surface area contributed by atoms with Gasteiger partial charge >= 0.3 is 6.18 Å². The lowest BCUT2D eigenvalue weighted by Gasteiger charge is -2.10. The molecule has 6 heteroatoms. The minimum atomic E-state index is -4.41. The van der Waals surface area contributed by atoms with Gasteiger partial charge in [0.15, 0.2) is 0 Å². The van der Waals surface area contributed by atoms with Crippen LogP contribution in [0.3, 0.4) is 0 Å². The summed E-state index contributed by atoms with van der Waals surface area (Å²) in [4.78, 5) is 10.1. The molecule has 0 aromatic heterocycles. The lowest BCUT2D eigenvalue weighted by atomic mass is 10.1. The molecular weight excluding hydrogens is 233 g/mol. The average Bonchev–Trinajstić information content (AvgIpc) is 2.28. The molecule has 0 bridgehead atoms. The van der Waals surface area contributed by atoms with Crippen molar-refractivity contribution in [3.05, 3.63) is 35.4 Å². The van der Waals surface area contributed by atoms with Crippen LogP contribution in [0.5, 0.6) is 0 Å².